The molecule has 0 bridgehead atoms. The Bertz CT molecular complexity index is 425. The molecular weight excluding hydrogens is 248 g/mol. The first-order valence-corrected chi connectivity index (χ1v) is 7.31. The molecule has 0 aliphatic heterocycles. The minimum atomic E-state index is 0.0269. The topological polar surface area (TPSA) is 53.4 Å². The van der Waals surface area contributed by atoms with Crippen molar-refractivity contribution in [3.8, 4) is 0 Å². The molecule has 1 heterocycles. The fourth-order valence-electron chi connectivity index (χ4n) is 2.63. The molecule has 1 N–H and O–H groups in total. The number of thiazole rings is 1. The van der Waals surface area contributed by atoms with Gasteiger partial charge < -0.3 is 10.0 Å². The molecule has 1 amide bonds. The number of carbonyl (C=O) groups is 1. The molecule has 1 saturated carbocycles. The highest BCUT2D eigenvalue weighted by Gasteiger charge is 2.28. The molecule has 0 spiro atoms. The standard InChI is InChI=1S/C13H20N2O2S/c1-9-12(18-10(2)14-9)13(17)15(7-8-16)11-5-3-4-6-11/h11,16H,3-8H2,1-2H3. The zero-order valence-electron chi connectivity index (χ0n) is 11.0. The Labute approximate surface area is 112 Å². The van der Waals surface area contributed by atoms with Gasteiger partial charge in [0.2, 0.25) is 0 Å². The van der Waals surface area contributed by atoms with E-state index in [1.807, 2.05) is 18.7 Å². The van der Waals surface area contributed by atoms with Crippen molar-refractivity contribution < 1.29 is 9.90 Å². The lowest BCUT2D eigenvalue weighted by molar-refractivity contribution is 0.0642. The molecule has 2 rings (SSSR count). The third-order valence-electron chi connectivity index (χ3n) is 3.47. The molecule has 0 aromatic carbocycles. The largest absolute Gasteiger partial charge is 0.395 e. The third kappa shape index (κ3) is 2.72. The quantitative estimate of drug-likeness (QED) is 0.910. The SMILES string of the molecule is Cc1nc(C)c(C(=O)N(CCO)C2CCCC2)s1. The Morgan fingerprint density at radius 2 is 2.11 bits per heavy atom. The third-order valence-corrected chi connectivity index (χ3v) is 4.53. The van der Waals surface area contributed by atoms with Crippen molar-refractivity contribution >= 4 is 17.2 Å². The van der Waals surface area contributed by atoms with Crippen LogP contribution in [0.3, 0.4) is 0 Å². The predicted octanol–water partition coefficient (Wildman–Crippen LogP) is 2.14. The van der Waals surface area contributed by atoms with Crippen molar-refractivity contribution in [2.75, 3.05) is 13.2 Å². The predicted molar refractivity (Wildman–Crippen MR) is 72.0 cm³/mol. The molecule has 5 heteroatoms. The summed E-state index contributed by atoms with van der Waals surface area (Å²) in [6.45, 7) is 4.25. The van der Waals surface area contributed by atoms with Gasteiger partial charge in [0.1, 0.15) is 4.88 Å². The number of aliphatic hydroxyl groups is 1. The smallest absolute Gasteiger partial charge is 0.266 e. The zero-order valence-corrected chi connectivity index (χ0v) is 11.8. The molecule has 1 fully saturated rings. The van der Waals surface area contributed by atoms with Crippen LogP contribution in [0, 0.1) is 13.8 Å². The number of amides is 1. The lowest BCUT2D eigenvalue weighted by atomic mass is 10.2. The number of aromatic nitrogens is 1. The number of hydrogen-bond donors (Lipinski definition) is 1. The van der Waals surface area contributed by atoms with Crippen LogP contribution in [0.4, 0.5) is 0 Å². The maximum absolute atomic E-state index is 12.5. The van der Waals surface area contributed by atoms with Gasteiger partial charge in [0.15, 0.2) is 0 Å². The number of carbonyl (C=O) groups excluding carboxylic acids is 1. The van der Waals surface area contributed by atoms with Gasteiger partial charge in [-0.2, -0.15) is 0 Å². The van der Waals surface area contributed by atoms with Crippen molar-refractivity contribution in [2.45, 2.75) is 45.6 Å². The van der Waals surface area contributed by atoms with Gasteiger partial charge in [-0.3, -0.25) is 4.79 Å². The van der Waals surface area contributed by atoms with Gasteiger partial charge in [-0.15, -0.1) is 11.3 Å². The molecule has 0 saturated heterocycles. The fourth-order valence-corrected chi connectivity index (χ4v) is 3.51. The van der Waals surface area contributed by atoms with Crippen molar-refractivity contribution in [3.63, 3.8) is 0 Å². The summed E-state index contributed by atoms with van der Waals surface area (Å²) in [6, 6.07) is 0.298. The Balaban J connectivity index is 2.19. The van der Waals surface area contributed by atoms with Crippen LogP contribution in [0.1, 0.15) is 46.1 Å². The molecule has 1 aromatic heterocycles. The summed E-state index contributed by atoms with van der Waals surface area (Å²) in [5.41, 5.74) is 0.809. The molecule has 0 radical (unpaired) electrons. The first kappa shape index (κ1) is 13.5. The van der Waals surface area contributed by atoms with Crippen molar-refractivity contribution in [1.82, 2.24) is 9.88 Å². The van der Waals surface area contributed by atoms with Crippen LogP contribution in [-0.2, 0) is 0 Å². The van der Waals surface area contributed by atoms with Crippen LogP contribution in [0.2, 0.25) is 0 Å². The minimum Gasteiger partial charge on any atom is -0.395 e. The highest BCUT2D eigenvalue weighted by molar-refractivity contribution is 7.13. The van der Waals surface area contributed by atoms with Gasteiger partial charge in [0.25, 0.3) is 5.91 Å². The first-order valence-electron chi connectivity index (χ1n) is 6.49. The van der Waals surface area contributed by atoms with Crippen molar-refractivity contribution in [3.05, 3.63) is 15.6 Å². The van der Waals surface area contributed by atoms with E-state index in [4.69, 9.17) is 5.11 Å². The summed E-state index contributed by atoms with van der Waals surface area (Å²) in [5, 5.41) is 10.1. The van der Waals surface area contributed by atoms with Crippen molar-refractivity contribution in [1.29, 1.82) is 0 Å². The van der Waals surface area contributed by atoms with E-state index in [0.717, 1.165) is 28.4 Å². The molecule has 1 aliphatic rings. The zero-order chi connectivity index (χ0) is 13.1. The van der Waals surface area contributed by atoms with Crippen LogP contribution in [0.5, 0.6) is 0 Å². The molecule has 100 valence electrons. The Kier molecular flexibility index (Phi) is 4.35. The van der Waals surface area contributed by atoms with Crippen LogP contribution in [-0.4, -0.2) is 40.1 Å². The summed E-state index contributed by atoms with van der Waals surface area (Å²) in [5.74, 6) is 0.0408. The molecule has 0 unspecified atom stereocenters. The Morgan fingerprint density at radius 1 is 1.44 bits per heavy atom. The van der Waals surface area contributed by atoms with Gasteiger partial charge in [-0.05, 0) is 26.7 Å². The van der Waals surface area contributed by atoms with Gasteiger partial charge >= 0.3 is 0 Å². The molecule has 18 heavy (non-hydrogen) atoms. The van der Waals surface area contributed by atoms with Crippen LogP contribution in [0.25, 0.3) is 0 Å². The average molecular weight is 268 g/mol. The Hall–Kier alpha value is -0.940. The lowest BCUT2D eigenvalue weighted by Crippen LogP contribution is -2.40. The van der Waals surface area contributed by atoms with E-state index in [9.17, 15) is 4.79 Å². The summed E-state index contributed by atoms with van der Waals surface area (Å²) in [7, 11) is 0. The normalized spacial score (nSPS) is 16.2. The summed E-state index contributed by atoms with van der Waals surface area (Å²) in [4.78, 5) is 19.4. The van der Waals surface area contributed by atoms with E-state index in [2.05, 4.69) is 4.98 Å². The summed E-state index contributed by atoms with van der Waals surface area (Å²) in [6.07, 6.45) is 4.48. The second-order valence-electron chi connectivity index (χ2n) is 4.81. The average Bonchev–Trinajstić information content (AvgIpc) is 2.95. The van der Waals surface area contributed by atoms with Gasteiger partial charge in [0, 0.05) is 12.6 Å². The Morgan fingerprint density at radius 3 is 2.61 bits per heavy atom. The van der Waals surface area contributed by atoms with Crippen LogP contribution >= 0.6 is 11.3 Å². The van der Waals surface area contributed by atoms with E-state index in [1.54, 1.807) is 0 Å². The monoisotopic (exact) mass is 268 g/mol. The highest BCUT2D eigenvalue weighted by atomic mass is 32.1. The van der Waals surface area contributed by atoms with Gasteiger partial charge in [0.05, 0.1) is 17.3 Å². The minimum absolute atomic E-state index is 0.0269. The maximum atomic E-state index is 12.5. The van der Waals surface area contributed by atoms with E-state index in [-0.39, 0.29) is 12.5 Å². The van der Waals surface area contributed by atoms with Crippen molar-refractivity contribution in [2.24, 2.45) is 0 Å². The lowest BCUT2D eigenvalue weighted by Gasteiger charge is -2.28. The van der Waals surface area contributed by atoms with Crippen LogP contribution < -0.4 is 0 Å². The molecule has 4 nitrogen and oxygen atoms in total. The number of rotatable bonds is 4. The summed E-state index contributed by atoms with van der Waals surface area (Å²) >= 11 is 1.45. The van der Waals surface area contributed by atoms with Gasteiger partial charge in [-0.25, -0.2) is 4.98 Å². The number of hydrogen-bond acceptors (Lipinski definition) is 4. The molecule has 0 atom stereocenters. The summed E-state index contributed by atoms with van der Waals surface area (Å²) < 4.78 is 0. The number of aryl methyl sites for hydroxylation is 2. The number of nitrogens with zero attached hydrogens (tertiary/aromatic N) is 2. The maximum Gasteiger partial charge on any atom is 0.266 e. The fraction of sp³-hybridized carbons (Fsp3) is 0.692. The van der Waals surface area contributed by atoms with Crippen LogP contribution in [0.15, 0.2) is 0 Å². The van der Waals surface area contributed by atoms with Gasteiger partial charge in [-0.1, -0.05) is 12.8 Å². The second-order valence-corrected chi connectivity index (χ2v) is 6.01. The first-order chi connectivity index (χ1) is 8.63. The number of aliphatic hydroxyl groups excluding tert-OH is 1. The van der Waals surface area contributed by atoms with E-state index in [0.29, 0.717) is 12.6 Å². The van der Waals surface area contributed by atoms with E-state index >= 15 is 0 Å². The van der Waals surface area contributed by atoms with E-state index < -0.39 is 0 Å². The second kappa shape index (κ2) is 5.80. The molecule has 1 aromatic rings. The van der Waals surface area contributed by atoms with E-state index in [1.165, 1.54) is 24.2 Å². The molecular formula is C13H20N2O2S. The highest BCUT2D eigenvalue weighted by Crippen LogP contribution is 2.27. The molecule has 1 aliphatic carbocycles.